The van der Waals surface area contributed by atoms with Crippen LogP contribution in [0.25, 0.3) is 0 Å². The molecule has 0 aromatic carbocycles. The van der Waals surface area contributed by atoms with E-state index in [-0.39, 0.29) is 17.9 Å². The molecule has 0 spiro atoms. The molecule has 1 heterocycles. The topological polar surface area (TPSA) is 83.8 Å². The second kappa shape index (κ2) is 6.68. The van der Waals surface area contributed by atoms with Crippen molar-refractivity contribution in [2.45, 2.75) is 39.2 Å². The molecule has 1 rings (SSSR count). The molecule has 1 amide bonds. The Hall–Kier alpha value is -1.17. The Morgan fingerprint density at radius 3 is 2.67 bits per heavy atom. The number of nitrogens with two attached hydrogens (primary N) is 1. The third kappa shape index (κ3) is 3.66. The lowest BCUT2D eigenvalue weighted by atomic mass is 10.1. The molecule has 1 unspecified atom stereocenters. The van der Waals surface area contributed by atoms with Gasteiger partial charge in [0.1, 0.15) is 0 Å². The highest BCUT2D eigenvalue weighted by molar-refractivity contribution is 7.98. The SMILES string of the molecule is CSCCC(C)NC(=O)c1n[nH]c(C(C)C)c1N. The zero-order valence-electron chi connectivity index (χ0n) is 11.4. The van der Waals surface area contributed by atoms with Gasteiger partial charge >= 0.3 is 0 Å². The van der Waals surface area contributed by atoms with Crippen molar-refractivity contribution < 1.29 is 4.79 Å². The van der Waals surface area contributed by atoms with E-state index in [1.807, 2.05) is 20.8 Å². The third-order valence-corrected chi connectivity index (χ3v) is 3.40. The summed E-state index contributed by atoms with van der Waals surface area (Å²) in [6.07, 6.45) is 2.99. The molecule has 1 aromatic heterocycles. The van der Waals surface area contributed by atoms with Gasteiger partial charge in [-0.2, -0.15) is 16.9 Å². The molecule has 0 saturated heterocycles. The van der Waals surface area contributed by atoms with E-state index in [1.54, 1.807) is 11.8 Å². The van der Waals surface area contributed by atoms with Gasteiger partial charge in [-0.3, -0.25) is 9.89 Å². The fraction of sp³-hybridized carbons (Fsp3) is 0.667. The van der Waals surface area contributed by atoms with Gasteiger partial charge in [-0.05, 0) is 31.3 Å². The van der Waals surface area contributed by atoms with Gasteiger partial charge in [0, 0.05) is 6.04 Å². The number of thioether (sulfide) groups is 1. The lowest BCUT2D eigenvalue weighted by Gasteiger charge is -2.12. The molecular formula is C12H22N4OS. The summed E-state index contributed by atoms with van der Waals surface area (Å²) < 4.78 is 0. The summed E-state index contributed by atoms with van der Waals surface area (Å²) in [7, 11) is 0. The summed E-state index contributed by atoms with van der Waals surface area (Å²) in [4.78, 5) is 12.0. The minimum Gasteiger partial charge on any atom is -0.395 e. The molecule has 0 aliphatic heterocycles. The van der Waals surface area contributed by atoms with E-state index in [1.165, 1.54) is 0 Å². The van der Waals surface area contributed by atoms with Crippen LogP contribution in [0.1, 0.15) is 49.3 Å². The molecule has 6 heteroatoms. The van der Waals surface area contributed by atoms with Crippen LogP contribution in [0.5, 0.6) is 0 Å². The Kier molecular flexibility index (Phi) is 5.53. The Balaban J connectivity index is 2.67. The number of nitrogens with one attached hydrogen (secondary N) is 2. The predicted molar refractivity (Wildman–Crippen MR) is 77.0 cm³/mol. The molecule has 102 valence electrons. The van der Waals surface area contributed by atoms with Crippen LogP contribution in [0.2, 0.25) is 0 Å². The van der Waals surface area contributed by atoms with Gasteiger partial charge in [0.2, 0.25) is 0 Å². The van der Waals surface area contributed by atoms with Crippen LogP contribution >= 0.6 is 11.8 Å². The number of aromatic amines is 1. The molecule has 0 saturated carbocycles. The van der Waals surface area contributed by atoms with Gasteiger partial charge in [-0.1, -0.05) is 13.8 Å². The normalized spacial score (nSPS) is 12.7. The van der Waals surface area contributed by atoms with Gasteiger partial charge in [0.05, 0.1) is 11.4 Å². The van der Waals surface area contributed by atoms with Crippen LogP contribution < -0.4 is 11.1 Å². The first kappa shape index (κ1) is 14.9. The highest BCUT2D eigenvalue weighted by atomic mass is 32.2. The number of carbonyl (C=O) groups excluding carboxylic acids is 1. The highest BCUT2D eigenvalue weighted by Gasteiger charge is 2.19. The van der Waals surface area contributed by atoms with Crippen LogP contribution in [0.4, 0.5) is 5.69 Å². The molecule has 0 aliphatic rings. The Labute approximate surface area is 112 Å². The smallest absolute Gasteiger partial charge is 0.274 e. The zero-order valence-corrected chi connectivity index (χ0v) is 12.2. The highest BCUT2D eigenvalue weighted by Crippen LogP contribution is 2.21. The third-order valence-electron chi connectivity index (χ3n) is 2.76. The van der Waals surface area contributed by atoms with E-state index in [0.29, 0.717) is 11.4 Å². The number of aromatic nitrogens is 2. The summed E-state index contributed by atoms with van der Waals surface area (Å²) in [6.45, 7) is 6.00. The van der Waals surface area contributed by atoms with Gasteiger partial charge in [0.25, 0.3) is 5.91 Å². The van der Waals surface area contributed by atoms with Crippen molar-refractivity contribution in [3.8, 4) is 0 Å². The van der Waals surface area contributed by atoms with Crippen molar-refractivity contribution in [2.75, 3.05) is 17.7 Å². The summed E-state index contributed by atoms with van der Waals surface area (Å²) in [5.74, 6) is 1.05. The summed E-state index contributed by atoms with van der Waals surface area (Å²) in [5, 5.41) is 9.74. The molecule has 0 radical (unpaired) electrons. The maximum absolute atomic E-state index is 12.0. The van der Waals surface area contributed by atoms with Crippen molar-refractivity contribution in [1.82, 2.24) is 15.5 Å². The predicted octanol–water partition coefficient (Wildman–Crippen LogP) is 1.99. The molecule has 1 aromatic rings. The summed E-state index contributed by atoms with van der Waals surface area (Å²) in [6, 6.07) is 0.128. The Bertz CT molecular complexity index is 403. The monoisotopic (exact) mass is 270 g/mol. The second-order valence-corrected chi connectivity index (χ2v) is 5.70. The number of rotatable bonds is 6. The molecule has 5 nitrogen and oxygen atoms in total. The molecule has 4 N–H and O–H groups in total. The van der Waals surface area contributed by atoms with E-state index in [0.717, 1.165) is 17.9 Å². The molecule has 0 bridgehead atoms. The number of carbonyl (C=O) groups is 1. The first-order chi connectivity index (χ1) is 8.47. The second-order valence-electron chi connectivity index (χ2n) is 4.71. The quantitative estimate of drug-likeness (QED) is 0.738. The van der Waals surface area contributed by atoms with E-state index in [9.17, 15) is 4.79 Å². The number of hydrogen-bond donors (Lipinski definition) is 3. The minimum atomic E-state index is -0.204. The summed E-state index contributed by atoms with van der Waals surface area (Å²) >= 11 is 1.77. The van der Waals surface area contributed by atoms with Crippen molar-refractivity contribution in [2.24, 2.45) is 0 Å². The lowest BCUT2D eigenvalue weighted by molar-refractivity contribution is 0.0935. The number of amides is 1. The average Bonchev–Trinajstić information content (AvgIpc) is 2.68. The molecule has 0 aliphatic carbocycles. The first-order valence-electron chi connectivity index (χ1n) is 6.10. The van der Waals surface area contributed by atoms with E-state index in [4.69, 9.17) is 5.73 Å². The summed E-state index contributed by atoms with van der Waals surface area (Å²) in [5.41, 5.74) is 7.50. The van der Waals surface area contributed by atoms with Gasteiger partial charge in [-0.15, -0.1) is 0 Å². The van der Waals surface area contributed by atoms with Crippen LogP contribution in [-0.4, -0.2) is 34.2 Å². The first-order valence-corrected chi connectivity index (χ1v) is 7.50. The largest absolute Gasteiger partial charge is 0.395 e. The molecular weight excluding hydrogens is 248 g/mol. The van der Waals surface area contributed by atoms with Crippen LogP contribution in [-0.2, 0) is 0 Å². The Morgan fingerprint density at radius 1 is 1.50 bits per heavy atom. The number of H-pyrrole nitrogens is 1. The number of nitrogens with zero attached hydrogens (tertiary/aromatic N) is 1. The van der Waals surface area contributed by atoms with Gasteiger partial charge in [-0.25, -0.2) is 0 Å². The van der Waals surface area contributed by atoms with Crippen molar-refractivity contribution in [3.05, 3.63) is 11.4 Å². The molecule has 0 fully saturated rings. The van der Waals surface area contributed by atoms with E-state index >= 15 is 0 Å². The fourth-order valence-corrected chi connectivity index (χ4v) is 2.23. The molecule has 1 atom stereocenters. The van der Waals surface area contributed by atoms with E-state index < -0.39 is 0 Å². The van der Waals surface area contributed by atoms with Crippen molar-refractivity contribution in [3.63, 3.8) is 0 Å². The van der Waals surface area contributed by atoms with Crippen LogP contribution in [0.3, 0.4) is 0 Å². The van der Waals surface area contributed by atoms with E-state index in [2.05, 4.69) is 21.8 Å². The number of nitrogen functional groups attached to an aromatic ring is 1. The zero-order chi connectivity index (χ0) is 13.7. The maximum Gasteiger partial charge on any atom is 0.274 e. The van der Waals surface area contributed by atoms with Gasteiger partial charge in [0.15, 0.2) is 5.69 Å². The van der Waals surface area contributed by atoms with Gasteiger partial charge < -0.3 is 11.1 Å². The number of hydrogen-bond acceptors (Lipinski definition) is 4. The fourth-order valence-electron chi connectivity index (χ4n) is 1.64. The standard InChI is InChI=1S/C12H22N4OS/c1-7(2)10-9(13)11(16-15-10)12(17)14-8(3)5-6-18-4/h7-8H,5-6,13H2,1-4H3,(H,14,17)(H,15,16). The van der Waals surface area contributed by atoms with Crippen molar-refractivity contribution >= 4 is 23.4 Å². The maximum atomic E-state index is 12.0. The molecule has 18 heavy (non-hydrogen) atoms. The lowest BCUT2D eigenvalue weighted by Crippen LogP contribution is -2.33. The van der Waals surface area contributed by atoms with Crippen molar-refractivity contribution in [1.29, 1.82) is 0 Å². The van der Waals surface area contributed by atoms with Crippen LogP contribution in [0, 0.1) is 0 Å². The van der Waals surface area contributed by atoms with Crippen LogP contribution in [0.15, 0.2) is 0 Å². The Morgan fingerprint density at radius 2 is 2.17 bits per heavy atom. The average molecular weight is 270 g/mol. The minimum absolute atomic E-state index is 0.128. The number of anilines is 1.